The molecular formula is C20H19N3O7. The van der Waals surface area contributed by atoms with Gasteiger partial charge in [-0.25, -0.2) is 9.59 Å². The Balaban J connectivity index is 1.48. The van der Waals surface area contributed by atoms with Crippen LogP contribution < -0.4 is 25.4 Å². The molecular weight excluding hydrogens is 394 g/mol. The van der Waals surface area contributed by atoms with Crippen molar-refractivity contribution in [2.24, 2.45) is 0 Å². The second-order valence-electron chi connectivity index (χ2n) is 6.20. The highest BCUT2D eigenvalue weighted by atomic mass is 16.6. The van der Waals surface area contributed by atoms with E-state index in [1.807, 2.05) is 0 Å². The molecule has 0 saturated carbocycles. The number of esters is 1. The maximum absolute atomic E-state index is 12.1. The van der Waals surface area contributed by atoms with Gasteiger partial charge in [0.25, 0.3) is 5.91 Å². The molecule has 10 heteroatoms. The van der Waals surface area contributed by atoms with Crippen LogP contribution in [0, 0.1) is 0 Å². The van der Waals surface area contributed by atoms with Crippen molar-refractivity contribution >= 4 is 35.2 Å². The molecule has 3 N–H and O–H groups in total. The lowest BCUT2D eigenvalue weighted by Gasteiger charge is -2.19. The largest absolute Gasteiger partial charge is 0.486 e. The normalized spacial score (nSPS) is 11.8. The number of carbonyl (C=O) groups excluding carboxylic acids is 4. The lowest BCUT2D eigenvalue weighted by molar-refractivity contribution is -0.123. The number of rotatable bonds is 5. The van der Waals surface area contributed by atoms with Crippen LogP contribution in [0.15, 0.2) is 42.5 Å². The summed E-state index contributed by atoms with van der Waals surface area (Å²) in [4.78, 5) is 47.0. The van der Waals surface area contributed by atoms with Crippen molar-refractivity contribution in [2.75, 3.05) is 30.5 Å². The molecule has 0 radical (unpaired) electrons. The monoisotopic (exact) mass is 413 g/mol. The maximum atomic E-state index is 12.1. The van der Waals surface area contributed by atoms with Crippen molar-refractivity contribution in [3.05, 3.63) is 48.0 Å². The Labute approximate surface area is 171 Å². The predicted molar refractivity (Wildman–Crippen MR) is 106 cm³/mol. The fourth-order valence-electron chi connectivity index (χ4n) is 2.59. The van der Waals surface area contributed by atoms with Crippen LogP contribution >= 0.6 is 0 Å². The van der Waals surface area contributed by atoms with Crippen LogP contribution in [0.4, 0.5) is 16.2 Å². The molecule has 0 fully saturated rings. The quantitative estimate of drug-likeness (QED) is 0.638. The van der Waals surface area contributed by atoms with E-state index in [1.165, 1.54) is 19.1 Å². The van der Waals surface area contributed by atoms with Crippen LogP contribution in [-0.2, 0) is 14.3 Å². The van der Waals surface area contributed by atoms with Crippen LogP contribution in [-0.4, -0.2) is 43.6 Å². The highest BCUT2D eigenvalue weighted by Gasteiger charge is 2.15. The number of amides is 4. The van der Waals surface area contributed by atoms with Gasteiger partial charge in [0.1, 0.15) is 13.2 Å². The van der Waals surface area contributed by atoms with Gasteiger partial charge in [-0.1, -0.05) is 6.07 Å². The van der Waals surface area contributed by atoms with E-state index in [-0.39, 0.29) is 11.5 Å². The fourth-order valence-corrected chi connectivity index (χ4v) is 2.59. The number of urea groups is 1. The van der Waals surface area contributed by atoms with Crippen molar-refractivity contribution < 1.29 is 33.4 Å². The molecule has 1 aliphatic rings. The summed E-state index contributed by atoms with van der Waals surface area (Å²) in [6.07, 6.45) is 0. The first-order valence-corrected chi connectivity index (χ1v) is 8.96. The SMILES string of the molecule is CC(=O)Nc1cccc(C(=O)OCC(=O)NC(=O)Nc2ccc3c(c2)OCCO3)c1. The smallest absolute Gasteiger partial charge is 0.338 e. The number of imide groups is 1. The minimum absolute atomic E-state index is 0.148. The van der Waals surface area contributed by atoms with Gasteiger partial charge < -0.3 is 24.8 Å². The summed E-state index contributed by atoms with van der Waals surface area (Å²) < 4.78 is 15.7. The number of fused-ring (bicyclic) bond motifs is 1. The average Bonchev–Trinajstić information content (AvgIpc) is 2.71. The molecule has 0 aromatic heterocycles. The average molecular weight is 413 g/mol. The Kier molecular flexibility index (Phi) is 6.48. The van der Waals surface area contributed by atoms with Crippen LogP contribution in [0.2, 0.25) is 0 Å². The van der Waals surface area contributed by atoms with Crippen LogP contribution in [0.25, 0.3) is 0 Å². The first-order valence-electron chi connectivity index (χ1n) is 8.96. The van der Waals surface area contributed by atoms with E-state index in [9.17, 15) is 19.2 Å². The molecule has 30 heavy (non-hydrogen) atoms. The third-order valence-corrected chi connectivity index (χ3v) is 3.81. The van der Waals surface area contributed by atoms with Gasteiger partial charge in [0.15, 0.2) is 18.1 Å². The number of anilines is 2. The number of carbonyl (C=O) groups is 4. The van der Waals surface area contributed by atoms with Crippen molar-refractivity contribution in [3.8, 4) is 11.5 Å². The van der Waals surface area contributed by atoms with Gasteiger partial charge in [0.05, 0.1) is 5.56 Å². The number of ether oxygens (including phenoxy) is 3. The summed E-state index contributed by atoms with van der Waals surface area (Å²) in [6.45, 7) is 1.54. The molecule has 1 heterocycles. The topological polar surface area (TPSA) is 132 Å². The van der Waals surface area contributed by atoms with E-state index < -0.39 is 24.5 Å². The Morgan fingerprint density at radius 3 is 2.43 bits per heavy atom. The Morgan fingerprint density at radius 2 is 1.67 bits per heavy atom. The molecule has 10 nitrogen and oxygen atoms in total. The molecule has 0 unspecified atom stereocenters. The molecule has 0 saturated heterocycles. The highest BCUT2D eigenvalue weighted by molar-refractivity contribution is 6.02. The second kappa shape index (κ2) is 9.41. The number of hydrogen-bond donors (Lipinski definition) is 3. The van der Waals surface area contributed by atoms with E-state index in [4.69, 9.17) is 14.2 Å². The molecule has 2 aromatic rings. The first kappa shape index (κ1) is 20.6. The van der Waals surface area contributed by atoms with Crippen molar-refractivity contribution in [3.63, 3.8) is 0 Å². The summed E-state index contributed by atoms with van der Waals surface area (Å²) in [5.74, 6) is -0.816. The second-order valence-corrected chi connectivity index (χ2v) is 6.20. The summed E-state index contributed by atoms with van der Waals surface area (Å²) in [5, 5.41) is 7.08. The predicted octanol–water partition coefficient (Wildman–Crippen LogP) is 1.92. The van der Waals surface area contributed by atoms with Gasteiger partial charge >= 0.3 is 12.0 Å². The van der Waals surface area contributed by atoms with Gasteiger partial charge in [-0.15, -0.1) is 0 Å². The molecule has 4 amide bonds. The van der Waals surface area contributed by atoms with Crippen molar-refractivity contribution in [2.45, 2.75) is 6.92 Å². The molecule has 0 aliphatic carbocycles. The Bertz CT molecular complexity index is 990. The minimum Gasteiger partial charge on any atom is -0.486 e. The van der Waals surface area contributed by atoms with Crippen molar-refractivity contribution in [1.29, 1.82) is 0 Å². The van der Waals surface area contributed by atoms with Gasteiger partial charge in [-0.05, 0) is 30.3 Å². The van der Waals surface area contributed by atoms with Gasteiger partial charge in [-0.3, -0.25) is 14.9 Å². The molecule has 0 spiro atoms. The molecule has 1 aliphatic heterocycles. The summed E-state index contributed by atoms with van der Waals surface area (Å²) in [6, 6.07) is 10.1. The van der Waals surface area contributed by atoms with Crippen LogP contribution in [0.5, 0.6) is 11.5 Å². The standard InChI is InChI=1S/C20H19N3O7/c1-12(24)21-14-4-2-3-13(9-14)19(26)30-11-18(25)23-20(27)22-15-5-6-16-17(10-15)29-8-7-28-16/h2-6,9-10H,7-8,11H2,1H3,(H,21,24)(H2,22,23,25,27). The lowest BCUT2D eigenvalue weighted by atomic mass is 10.2. The number of hydrogen-bond acceptors (Lipinski definition) is 7. The maximum Gasteiger partial charge on any atom is 0.338 e. The third-order valence-electron chi connectivity index (χ3n) is 3.81. The number of nitrogens with one attached hydrogen (secondary N) is 3. The fraction of sp³-hybridized carbons (Fsp3) is 0.200. The molecule has 156 valence electrons. The van der Waals surface area contributed by atoms with E-state index in [0.717, 1.165) is 0 Å². The third kappa shape index (κ3) is 5.71. The van der Waals surface area contributed by atoms with E-state index in [1.54, 1.807) is 30.3 Å². The van der Waals surface area contributed by atoms with Gasteiger partial charge in [0, 0.05) is 24.4 Å². The van der Waals surface area contributed by atoms with Crippen LogP contribution in [0.1, 0.15) is 17.3 Å². The lowest BCUT2D eigenvalue weighted by Crippen LogP contribution is -2.37. The zero-order chi connectivity index (χ0) is 21.5. The van der Waals surface area contributed by atoms with E-state index >= 15 is 0 Å². The highest BCUT2D eigenvalue weighted by Crippen LogP contribution is 2.32. The minimum atomic E-state index is -0.809. The first-order chi connectivity index (χ1) is 14.4. The van der Waals surface area contributed by atoms with Gasteiger partial charge in [0.2, 0.25) is 5.91 Å². The molecule has 0 atom stereocenters. The van der Waals surface area contributed by atoms with Crippen molar-refractivity contribution in [1.82, 2.24) is 5.32 Å². The molecule has 0 bridgehead atoms. The number of benzene rings is 2. The Morgan fingerprint density at radius 1 is 0.933 bits per heavy atom. The zero-order valence-corrected chi connectivity index (χ0v) is 16.0. The Hall–Kier alpha value is -4.08. The molecule has 3 rings (SSSR count). The zero-order valence-electron chi connectivity index (χ0n) is 16.0. The van der Waals surface area contributed by atoms with Crippen LogP contribution in [0.3, 0.4) is 0 Å². The summed E-state index contributed by atoms with van der Waals surface area (Å²) in [5.41, 5.74) is 0.964. The molecule has 2 aromatic carbocycles. The summed E-state index contributed by atoms with van der Waals surface area (Å²) >= 11 is 0. The van der Waals surface area contributed by atoms with E-state index in [0.29, 0.717) is 36.1 Å². The summed E-state index contributed by atoms with van der Waals surface area (Å²) in [7, 11) is 0. The van der Waals surface area contributed by atoms with E-state index in [2.05, 4.69) is 16.0 Å². The van der Waals surface area contributed by atoms with Gasteiger partial charge in [-0.2, -0.15) is 0 Å².